The molecule has 0 bridgehead atoms. The number of nitrogens with two attached hydrogens (primary N) is 1. The van der Waals surface area contributed by atoms with Gasteiger partial charge in [-0.2, -0.15) is 0 Å². The highest BCUT2D eigenvalue weighted by Gasteiger charge is 2.30. The number of hydrogen-bond acceptors (Lipinski definition) is 10. The number of rotatable bonds is 9. The van der Waals surface area contributed by atoms with Crippen LogP contribution in [0.25, 0.3) is 32.6 Å². The van der Waals surface area contributed by atoms with Crippen molar-refractivity contribution >= 4 is 44.7 Å². The average molecular weight is 550 g/mol. The maximum Gasteiger partial charge on any atom is 0.321 e. The fourth-order valence-electron chi connectivity index (χ4n) is 3.69. The van der Waals surface area contributed by atoms with Gasteiger partial charge in [0.2, 0.25) is 0 Å². The van der Waals surface area contributed by atoms with Gasteiger partial charge in [-0.05, 0) is 50.6 Å². The van der Waals surface area contributed by atoms with E-state index in [-0.39, 0.29) is 11.9 Å². The first-order chi connectivity index (χ1) is 18.6. The highest BCUT2D eigenvalue weighted by Crippen LogP contribution is 2.38. The van der Waals surface area contributed by atoms with E-state index in [0.29, 0.717) is 22.8 Å². The van der Waals surface area contributed by atoms with Crippen LogP contribution in [0, 0.1) is 0 Å². The van der Waals surface area contributed by atoms with Gasteiger partial charge in [0, 0.05) is 36.3 Å². The van der Waals surface area contributed by atoms with Crippen molar-refractivity contribution in [3.63, 3.8) is 0 Å². The topological polar surface area (TPSA) is 182 Å². The Balaban J connectivity index is 1.66. The van der Waals surface area contributed by atoms with E-state index in [1.165, 1.54) is 11.3 Å². The molecule has 5 N–H and O–H groups in total. The van der Waals surface area contributed by atoms with Crippen molar-refractivity contribution in [1.29, 1.82) is 0 Å². The number of aliphatic carboxylic acids is 1. The molecule has 0 aliphatic rings. The number of ether oxygens (including phenoxy) is 1. The van der Waals surface area contributed by atoms with E-state index < -0.39 is 30.0 Å². The molecule has 0 fully saturated rings. The number of urea groups is 1. The van der Waals surface area contributed by atoms with Gasteiger partial charge >= 0.3 is 18.0 Å². The lowest BCUT2D eigenvalue weighted by Gasteiger charge is -2.24. The van der Waals surface area contributed by atoms with E-state index in [1.807, 2.05) is 37.3 Å². The molecule has 3 aromatic heterocycles. The first-order valence-corrected chi connectivity index (χ1v) is 12.8. The van der Waals surface area contributed by atoms with Gasteiger partial charge in [0.1, 0.15) is 6.04 Å². The summed E-state index contributed by atoms with van der Waals surface area (Å²) in [4.78, 5) is 53.1. The predicted molar refractivity (Wildman–Crippen MR) is 146 cm³/mol. The lowest BCUT2D eigenvalue weighted by Crippen LogP contribution is -2.36. The van der Waals surface area contributed by atoms with Gasteiger partial charge in [-0.1, -0.05) is 17.4 Å². The fraction of sp³-hybridized carbons (Fsp3) is 0.269. The second-order valence-corrected chi connectivity index (χ2v) is 10.0. The average Bonchev–Trinajstić information content (AvgIpc) is 3.30. The zero-order valence-electron chi connectivity index (χ0n) is 21.5. The Hall–Kier alpha value is -4.49. The highest BCUT2D eigenvalue weighted by molar-refractivity contribution is 7.22. The lowest BCUT2D eigenvalue weighted by molar-refractivity contribution is -0.160. The van der Waals surface area contributed by atoms with Crippen LogP contribution in [0.2, 0.25) is 0 Å². The van der Waals surface area contributed by atoms with Gasteiger partial charge in [0.15, 0.2) is 16.6 Å². The van der Waals surface area contributed by atoms with Crippen LogP contribution in [0.3, 0.4) is 0 Å². The number of anilines is 1. The maximum atomic E-state index is 12.2. The van der Waals surface area contributed by atoms with Crippen LogP contribution in [0.1, 0.15) is 33.0 Å². The summed E-state index contributed by atoms with van der Waals surface area (Å²) >= 11 is 1.35. The van der Waals surface area contributed by atoms with Crippen molar-refractivity contribution in [3.8, 4) is 22.4 Å². The zero-order valence-corrected chi connectivity index (χ0v) is 22.3. The van der Waals surface area contributed by atoms with Crippen LogP contribution in [0.15, 0.2) is 48.9 Å². The van der Waals surface area contributed by atoms with E-state index in [2.05, 4.69) is 30.6 Å². The Bertz CT molecular complexity index is 1510. The van der Waals surface area contributed by atoms with Gasteiger partial charge in [-0.25, -0.2) is 19.7 Å². The molecule has 3 heterocycles. The number of fused-ring (bicyclic) bond motifs is 1. The quantitative estimate of drug-likeness (QED) is 0.225. The fourth-order valence-corrected chi connectivity index (χ4v) is 4.66. The maximum absolute atomic E-state index is 12.2. The molecule has 0 saturated carbocycles. The number of aromatic nitrogens is 4. The van der Waals surface area contributed by atoms with E-state index >= 15 is 0 Å². The molecule has 13 heteroatoms. The second kappa shape index (κ2) is 11.5. The molecule has 202 valence electrons. The Morgan fingerprint density at radius 3 is 2.51 bits per heavy atom. The molecular formula is C26H27N7O5S. The summed E-state index contributed by atoms with van der Waals surface area (Å²) in [6.45, 7) is 5.53. The molecule has 4 aromatic rings. The van der Waals surface area contributed by atoms with E-state index in [4.69, 9.17) is 15.6 Å². The first kappa shape index (κ1) is 27.5. The Labute approximate surface area is 227 Å². The molecule has 4 rings (SSSR count). The van der Waals surface area contributed by atoms with Crippen LogP contribution < -0.4 is 16.4 Å². The van der Waals surface area contributed by atoms with Crippen molar-refractivity contribution in [1.82, 2.24) is 25.3 Å². The van der Waals surface area contributed by atoms with Crippen LogP contribution in [0.5, 0.6) is 0 Å². The number of carbonyl (C=O) groups excluding carboxylic acids is 2. The molecule has 0 aliphatic carbocycles. The molecule has 0 radical (unpaired) electrons. The molecule has 1 unspecified atom stereocenters. The summed E-state index contributed by atoms with van der Waals surface area (Å²) in [6.07, 6.45) is 4.43. The number of nitrogens with one attached hydrogen (secondary N) is 2. The molecule has 1 aromatic carbocycles. The molecule has 1 atom stereocenters. The third kappa shape index (κ3) is 6.51. The van der Waals surface area contributed by atoms with Gasteiger partial charge in [0.25, 0.3) is 0 Å². The summed E-state index contributed by atoms with van der Waals surface area (Å²) in [6, 6.07) is 7.74. The number of thiazole rings is 1. The minimum Gasteiger partial charge on any atom is -0.480 e. The standard InChI is InChI=1S/C26H27N7O5S/c1-4-28-24(37)33-25-32-19-10-14(9-16(21(19)39-25)18-7-5-6-8-29-18)15-12-30-23(31-13-15)26(2,3)38-20(34)11-17(27)22(35)36/h5-10,12-13,17H,4,11,27H2,1-3H3,(H,35,36)(H2,28,32,33,37). The number of nitrogens with zero attached hydrogens (tertiary/aromatic N) is 4. The van der Waals surface area contributed by atoms with Crippen molar-refractivity contribution in [2.45, 2.75) is 38.8 Å². The molecular weight excluding hydrogens is 522 g/mol. The number of carboxylic acid groups (broad SMARTS) is 1. The van der Waals surface area contributed by atoms with Gasteiger partial charge in [-0.3, -0.25) is 19.9 Å². The summed E-state index contributed by atoms with van der Waals surface area (Å²) in [5.74, 6) is -1.83. The van der Waals surface area contributed by atoms with Gasteiger partial charge < -0.3 is 20.9 Å². The third-order valence-electron chi connectivity index (χ3n) is 5.59. The predicted octanol–water partition coefficient (Wildman–Crippen LogP) is 3.54. The highest BCUT2D eigenvalue weighted by atomic mass is 32.1. The van der Waals surface area contributed by atoms with Crippen LogP contribution in [0.4, 0.5) is 9.93 Å². The van der Waals surface area contributed by atoms with Crippen molar-refractivity contribution < 1.29 is 24.2 Å². The molecule has 0 saturated heterocycles. The number of hydrogen-bond donors (Lipinski definition) is 4. The SMILES string of the molecule is CCNC(=O)Nc1nc2cc(-c3cnc(C(C)(C)OC(=O)CC(N)C(=O)O)nc3)cc(-c3ccccn3)c2s1. The lowest BCUT2D eigenvalue weighted by atomic mass is 10.0. The minimum atomic E-state index is -1.36. The molecule has 0 aliphatic heterocycles. The number of esters is 1. The Kier molecular flexibility index (Phi) is 8.12. The van der Waals surface area contributed by atoms with Gasteiger partial charge in [-0.15, -0.1) is 0 Å². The normalized spacial score (nSPS) is 12.1. The summed E-state index contributed by atoms with van der Waals surface area (Å²) < 4.78 is 6.27. The van der Waals surface area contributed by atoms with Crippen molar-refractivity contribution in [2.24, 2.45) is 5.73 Å². The number of carbonyl (C=O) groups is 3. The Morgan fingerprint density at radius 1 is 1.13 bits per heavy atom. The van der Waals surface area contributed by atoms with Crippen molar-refractivity contribution in [3.05, 3.63) is 54.7 Å². The van der Waals surface area contributed by atoms with Crippen LogP contribution in [-0.4, -0.2) is 55.6 Å². The summed E-state index contributed by atoms with van der Waals surface area (Å²) in [7, 11) is 0. The molecule has 0 spiro atoms. The number of benzene rings is 1. The third-order valence-corrected chi connectivity index (χ3v) is 6.61. The molecule has 39 heavy (non-hydrogen) atoms. The molecule has 2 amide bonds. The first-order valence-electron chi connectivity index (χ1n) is 12.0. The second-order valence-electron chi connectivity index (χ2n) is 9.02. The monoisotopic (exact) mass is 549 g/mol. The van der Waals surface area contributed by atoms with Gasteiger partial charge in [0.05, 0.1) is 22.3 Å². The number of amides is 2. The number of carboxylic acids is 1. The van der Waals surface area contributed by atoms with E-state index in [0.717, 1.165) is 21.5 Å². The largest absolute Gasteiger partial charge is 0.480 e. The van der Waals surface area contributed by atoms with Crippen molar-refractivity contribution in [2.75, 3.05) is 11.9 Å². The smallest absolute Gasteiger partial charge is 0.321 e. The van der Waals surface area contributed by atoms with E-state index in [1.54, 1.807) is 32.4 Å². The number of pyridine rings is 1. The minimum absolute atomic E-state index is 0.233. The molecule has 12 nitrogen and oxygen atoms in total. The summed E-state index contributed by atoms with van der Waals surface area (Å²) in [5, 5.41) is 14.8. The van der Waals surface area contributed by atoms with Crippen LogP contribution >= 0.6 is 11.3 Å². The van der Waals surface area contributed by atoms with Crippen LogP contribution in [-0.2, 0) is 19.9 Å². The summed E-state index contributed by atoms with van der Waals surface area (Å²) in [5.41, 5.74) is 7.90. The zero-order chi connectivity index (χ0) is 28.2. The van der Waals surface area contributed by atoms with E-state index in [9.17, 15) is 14.4 Å². The Morgan fingerprint density at radius 2 is 1.87 bits per heavy atom.